The Labute approximate surface area is 118 Å². The lowest BCUT2D eigenvalue weighted by atomic mass is 9.91. The van der Waals surface area contributed by atoms with Crippen molar-refractivity contribution in [3.05, 3.63) is 35.4 Å². The number of hydrogen-bond acceptors (Lipinski definition) is 2. The van der Waals surface area contributed by atoms with Gasteiger partial charge in [0.2, 0.25) is 0 Å². The van der Waals surface area contributed by atoms with Crippen LogP contribution in [-0.2, 0) is 11.2 Å². The third-order valence-corrected chi connectivity index (χ3v) is 3.71. The third kappa shape index (κ3) is 5.33. The van der Waals surface area contributed by atoms with Gasteiger partial charge in [-0.2, -0.15) is 0 Å². The fourth-order valence-corrected chi connectivity index (χ4v) is 2.38. The van der Waals surface area contributed by atoms with E-state index in [2.05, 4.69) is 50.4 Å². The second kappa shape index (κ2) is 9.11. The average molecular weight is 263 g/mol. The van der Waals surface area contributed by atoms with E-state index in [1.165, 1.54) is 17.5 Å². The van der Waals surface area contributed by atoms with Crippen molar-refractivity contribution in [1.29, 1.82) is 0 Å². The summed E-state index contributed by atoms with van der Waals surface area (Å²) in [6.45, 7) is 8.61. The minimum absolute atomic E-state index is 0.431. The molecule has 1 aromatic carbocycles. The number of aryl methyl sites for hydroxylation is 1. The third-order valence-electron chi connectivity index (χ3n) is 3.71. The molecule has 0 aliphatic heterocycles. The Bertz CT molecular complexity index is 334. The van der Waals surface area contributed by atoms with Crippen LogP contribution >= 0.6 is 0 Å². The molecule has 0 bridgehead atoms. The van der Waals surface area contributed by atoms with Gasteiger partial charge in [-0.3, -0.25) is 0 Å². The Kier molecular flexibility index (Phi) is 7.76. The normalized spacial score (nSPS) is 14.3. The molecule has 0 aliphatic carbocycles. The molecule has 2 unspecified atom stereocenters. The fourth-order valence-electron chi connectivity index (χ4n) is 2.38. The molecule has 0 aliphatic rings. The average Bonchev–Trinajstić information content (AvgIpc) is 2.46. The molecule has 19 heavy (non-hydrogen) atoms. The first-order valence-electron chi connectivity index (χ1n) is 7.54. The van der Waals surface area contributed by atoms with Crippen molar-refractivity contribution in [2.45, 2.75) is 46.1 Å². The Hall–Kier alpha value is -0.860. The molecule has 1 rings (SSSR count). The van der Waals surface area contributed by atoms with Crippen molar-refractivity contribution in [2.75, 3.05) is 20.3 Å². The van der Waals surface area contributed by atoms with Crippen molar-refractivity contribution in [1.82, 2.24) is 5.32 Å². The van der Waals surface area contributed by atoms with Crippen LogP contribution in [0.15, 0.2) is 24.3 Å². The lowest BCUT2D eigenvalue weighted by Gasteiger charge is -2.26. The van der Waals surface area contributed by atoms with Gasteiger partial charge in [-0.15, -0.1) is 0 Å². The minimum Gasteiger partial charge on any atom is -0.385 e. The Morgan fingerprint density at radius 2 is 1.84 bits per heavy atom. The van der Waals surface area contributed by atoms with Crippen molar-refractivity contribution < 1.29 is 4.74 Å². The smallest absolute Gasteiger partial charge is 0.0465 e. The van der Waals surface area contributed by atoms with Crippen LogP contribution in [0.5, 0.6) is 0 Å². The SMILES string of the molecule is CCCNC(c1ccc(CC)cc1)C(C)CCOC. The Morgan fingerprint density at radius 3 is 2.37 bits per heavy atom. The topological polar surface area (TPSA) is 21.3 Å². The van der Waals surface area contributed by atoms with Gasteiger partial charge in [0.25, 0.3) is 0 Å². The molecule has 0 heterocycles. The predicted octanol–water partition coefficient (Wildman–Crippen LogP) is 3.96. The second-order valence-electron chi connectivity index (χ2n) is 5.29. The zero-order valence-electron chi connectivity index (χ0n) is 12.9. The van der Waals surface area contributed by atoms with Gasteiger partial charge < -0.3 is 10.1 Å². The standard InChI is InChI=1S/C17H29NO/c1-5-12-18-17(14(3)11-13-19-4)16-9-7-15(6-2)8-10-16/h7-10,14,17-18H,5-6,11-13H2,1-4H3. The van der Waals surface area contributed by atoms with E-state index in [0.29, 0.717) is 12.0 Å². The van der Waals surface area contributed by atoms with Gasteiger partial charge in [-0.25, -0.2) is 0 Å². The van der Waals surface area contributed by atoms with Crippen molar-refractivity contribution in [2.24, 2.45) is 5.92 Å². The maximum Gasteiger partial charge on any atom is 0.0465 e. The van der Waals surface area contributed by atoms with Crippen molar-refractivity contribution in [3.63, 3.8) is 0 Å². The molecule has 0 saturated carbocycles. The number of methoxy groups -OCH3 is 1. The molecule has 1 N–H and O–H groups in total. The maximum atomic E-state index is 5.21. The number of rotatable bonds is 9. The molecule has 1 aromatic rings. The lowest BCUT2D eigenvalue weighted by molar-refractivity contribution is 0.170. The summed E-state index contributed by atoms with van der Waals surface area (Å²) in [5.41, 5.74) is 2.80. The summed E-state index contributed by atoms with van der Waals surface area (Å²) in [7, 11) is 1.78. The number of benzene rings is 1. The predicted molar refractivity (Wildman–Crippen MR) is 82.5 cm³/mol. The molecule has 0 aromatic heterocycles. The molecule has 0 radical (unpaired) electrons. The summed E-state index contributed by atoms with van der Waals surface area (Å²) in [6, 6.07) is 9.48. The Balaban J connectivity index is 2.75. The van der Waals surface area contributed by atoms with Gasteiger partial charge in [0.1, 0.15) is 0 Å². The van der Waals surface area contributed by atoms with Crippen LogP contribution in [0.4, 0.5) is 0 Å². The van der Waals surface area contributed by atoms with Crippen LogP contribution in [0.1, 0.15) is 50.8 Å². The first kappa shape index (κ1) is 16.2. The number of hydrogen-bond donors (Lipinski definition) is 1. The van der Waals surface area contributed by atoms with Crippen molar-refractivity contribution in [3.8, 4) is 0 Å². The van der Waals surface area contributed by atoms with Crippen LogP contribution in [0, 0.1) is 5.92 Å². The van der Waals surface area contributed by atoms with E-state index in [1.54, 1.807) is 7.11 Å². The molecule has 108 valence electrons. The van der Waals surface area contributed by atoms with Crippen molar-refractivity contribution >= 4 is 0 Å². The van der Waals surface area contributed by atoms with Crippen LogP contribution in [0.25, 0.3) is 0 Å². The summed E-state index contributed by atoms with van der Waals surface area (Å²) in [6.07, 6.45) is 3.36. The second-order valence-corrected chi connectivity index (χ2v) is 5.29. The van der Waals surface area contributed by atoms with Gasteiger partial charge in [-0.05, 0) is 42.9 Å². The van der Waals surface area contributed by atoms with Crippen LogP contribution < -0.4 is 5.32 Å². The monoisotopic (exact) mass is 263 g/mol. The van der Waals surface area contributed by atoms with Gasteiger partial charge in [-0.1, -0.05) is 45.0 Å². The number of ether oxygens (including phenoxy) is 1. The highest BCUT2D eigenvalue weighted by atomic mass is 16.5. The molecule has 2 nitrogen and oxygen atoms in total. The molecule has 0 amide bonds. The first-order valence-corrected chi connectivity index (χ1v) is 7.54. The Morgan fingerprint density at radius 1 is 1.16 bits per heavy atom. The van der Waals surface area contributed by atoms with E-state index in [-0.39, 0.29) is 0 Å². The van der Waals surface area contributed by atoms with Gasteiger partial charge >= 0.3 is 0 Å². The molecular formula is C17H29NO. The molecule has 0 saturated heterocycles. The highest BCUT2D eigenvalue weighted by Gasteiger charge is 2.18. The van der Waals surface area contributed by atoms with Gasteiger partial charge in [0, 0.05) is 19.8 Å². The lowest BCUT2D eigenvalue weighted by Crippen LogP contribution is -2.28. The largest absolute Gasteiger partial charge is 0.385 e. The molecule has 0 fully saturated rings. The summed E-state index contributed by atoms with van der Waals surface area (Å²) in [5, 5.41) is 3.68. The van der Waals surface area contributed by atoms with E-state index >= 15 is 0 Å². The van der Waals surface area contributed by atoms with Crippen LogP contribution in [-0.4, -0.2) is 20.3 Å². The van der Waals surface area contributed by atoms with E-state index in [4.69, 9.17) is 4.74 Å². The number of nitrogens with one attached hydrogen (secondary N) is 1. The zero-order valence-corrected chi connectivity index (χ0v) is 12.9. The fraction of sp³-hybridized carbons (Fsp3) is 0.647. The minimum atomic E-state index is 0.431. The summed E-state index contributed by atoms with van der Waals surface area (Å²) >= 11 is 0. The molecule has 2 heteroatoms. The highest BCUT2D eigenvalue weighted by molar-refractivity contribution is 5.25. The van der Waals surface area contributed by atoms with E-state index < -0.39 is 0 Å². The van der Waals surface area contributed by atoms with Gasteiger partial charge in [0.15, 0.2) is 0 Å². The van der Waals surface area contributed by atoms with Gasteiger partial charge in [0.05, 0.1) is 0 Å². The first-order chi connectivity index (χ1) is 9.22. The summed E-state index contributed by atoms with van der Waals surface area (Å²) in [5.74, 6) is 0.582. The maximum absolute atomic E-state index is 5.21. The molecule has 0 spiro atoms. The van der Waals surface area contributed by atoms with Crippen LogP contribution in [0.2, 0.25) is 0 Å². The summed E-state index contributed by atoms with van der Waals surface area (Å²) in [4.78, 5) is 0. The van der Waals surface area contributed by atoms with E-state index in [1.807, 2.05) is 0 Å². The van der Waals surface area contributed by atoms with Crippen LogP contribution in [0.3, 0.4) is 0 Å². The highest BCUT2D eigenvalue weighted by Crippen LogP contribution is 2.25. The molecular weight excluding hydrogens is 234 g/mol. The molecule has 2 atom stereocenters. The quantitative estimate of drug-likeness (QED) is 0.728. The van der Waals surface area contributed by atoms with E-state index in [9.17, 15) is 0 Å². The summed E-state index contributed by atoms with van der Waals surface area (Å²) < 4.78 is 5.21. The zero-order chi connectivity index (χ0) is 14.1. The van der Waals surface area contributed by atoms with E-state index in [0.717, 1.165) is 26.0 Å².